The molecule has 0 aliphatic rings. The number of halogens is 2. The summed E-state index contributed by atoms with van der Waals surface area (Å²) in [5.74, 6) is 1.44. The van der Waals surface area contributed by atoms with E-state index >= 15 is 0 Å². The Morgan fingerprint density at radius 3 is 2.53 bits per heavy atom. The number of hydrogen-bond donors (Lipinski definition) is 0. The number of pyridine rings is 1. The SMILES string of the molecule is Cc1ccc2nc(N(C)C)c(CCl)cc2c1.Cl. The van der Waals surface area contributed by atoms with Crippen molar-refractivity contribution in [2.45, 2.75) is 12.8 Å². The maximum absolute atomic E-state index is 5.95. The first kappa shape index (κ1) is 14.1. The summed E-state index contributed by atoms with van der Waals surface area (Å²) in [5.41, 5.74) is 3.33. The number of alkyl halides is 1. The van der Waals surface area contributed by atoms with Crippen molar-refractivity contribution in [3.05, 3.63) is 35.4 Å². The van der Waals surface area contributed by atoms with Crippen LogP contribution in [0.3, 0.4) is 0 Å². The molecule has 1 aromatic heterocycles. The number of rotatable bonds is 2. The number of hydrogen-bond acceptors (Lipinski definition) is 2. The summed E-state index contributed by atoms with van der Waals surface area (Å²) in [6, 6.07) is 8.39. The zero-order valence-corrected chi connectivity index (χ0v) is 11.8. The summed E-state index contributed by atoms with van der Waals surface area (Å²) >= 11 is 5.95. The van der Waals surface area contributed by atoms with Gasteiger partial charge < -0.3 is 4.90 Å². The Hall–Kier alpha value is -0.990. The maximum Gasteiger partial charge on any atom is 0.133 e. The number of fused-ring (bicyclic) bond motifs is 1. The van der Waals surface area contributed by atoms with Crippen molar-refractivity contribution < 1.29 is 0 Å². The minimum atomic E-state index is 0. The molecule has 0 unspecified atom stereocenters. The molecule has 1 aromatic carbocycles. The fraction of sp³-hybridized carbons (Fsp3) is 0.308. The normalized spacial score (nSPS) is 10.1. The smallest absolute Gasteiger partial charge is 0.133 e. The van der Waals surface area contributed by atoms with Gasteiger partial charge in [-0.15, -0.1) is 24.0 Å². The summed E-state index contributed by atoms with van der Waals surface area (Å²) < 4.78 is 0. The van der Waals surface area contributed by atoms with E-state index in [1.165, 1.54) is 5.56 Å². The molecule has 0 aliphatic carbocycles. The van der Waals surface area contributed by atoms with E-state index in [-0.39, 0.29) is 12.4 Å². The van der Waals surface area contributed by atoms with E-state index in [0.29, 0.717) is 5.88 Å². The Morgan fingerprint density at radius 1 is 1.24 bits per heavy atom. The first-order valence-corrected chi connectivity index (χ1v) is 5.79. The number of aromatic nitrogens is 1. The minimum absolute atomic E-state index is 0. The lowest BCUT2D eigenvalue weighted by Crippen LogP contribution is -2.13. The molecule has 0 amide bonds. The van der Waals surface area contributed by atoms with Crippen LogP contribution in [0.1, 0.15) is 11.1 Å². The molecule has 0 radical (unpaired) electrons. The molecule has 0 atom stereocenters. The molecule has 0 spiro atoms. The highest BCUT2D eigenvalue weighted by atomic mass is 35.5. The van der Waals surface area contributed by atoms with Crippen LogP contribution in [0.2, 0.25) is 0 Å². The first-order chi connectivity index (χ1) is 7.61. The lowest BCUT2D eigenvalue weighted by Gasteiger charge is -2.16. The van der Waals surface area contributed by atoms with Gasteiger partial charge in [0.05, 0.1) is 11.4 Å². The van der Waals surface area contributed by atoms with Gasteiger partial charge in [-0.25, -0.2) is 4.98 Å². The van der Waals surface area contributed by atoms with Crippen LogP contribution >= 0.6 is 24.0 Å². The Bertz CT molecular complexity index is 524. The fourth-order valence-electron chi connectivity index (χ4n) is 1.82. The van der Waals surface area contributed by atoms with Gasteiger partial charge in [-0.05, 0) is 25.1 Å². The third-order valence-electron chi connectivity index (χ3n) is 2.59. The van der Waals surface area contributed by atoms with Crippen LogP contribution in [0.15, 0.2) is 24.3 Å². The van der Waals surface area contributed by atoms with E-state index in [1.54, 1.807) is 0 Å². The van der Waals surface area contributed by atoms with Crippen LogP contribution in [-0.4, -0.2) is 19.1 Å². The number of nitrogens with zero attached hydrogens (tertiary/aromatic N) is 2. The summed E-state index contributed by atoms with van der Waals surface area (Å²) in [6.45, 7) is 2.08. The van der Waals surface area contributed by atoms with E-state index in [4.69, 9.17) is 11.6 Å². The zero-order chi connectivity index (χ0) is 11.7. The monoisotopic (exact) mass is 270 g/mol. The number of anilines is 1. The molecule has 17 heavy (non-hydrogen) atoms. The Balaban J connectivity index is 0.00000144. The van der Waals surface area contributed by atoms with Gasteiger partial charge in [0.2, 0.25) is 0 Å². The van der Waals surface area contributed by atoms with E-state index in [2.05, 4.69) is 36.2 Å². The van der Waals surface area contributed by atoms with Crippen molar-refractivity contribution in [1.29, 1.82) is 0 Å². The Kier molecular flexibility index (Phi) is 4.61. The molecule has 2 aromatic rings. The molecule has 1 heterocycles. The summed E-state index contributed by atoms with van der Waals surface area (Å²) in [7, 11) is 3.97. The van der Waals surface area contributed by atoms with Crippen molar-refractivity contribution in [2.75, 3.05) is 19.0 Å². The molecule has 0 saturated carbocycles. The van der Waals surface area contributed by atoms with Crippen LogP contribution in [-0.2, 0) is 5.88 Å². The highest BCUT2D eigenvalue weighted by molar-refractivity contribution is 6.17. The summed E-state index contributed by atoms with van der Waals surface area (Å²) in [4.78, 5) is 6.63. The Morgan fingerprint density at radius 2 is 1.94 bits per heavy atom. The maximum atomic E-state index is 5.95. The predicted molar refractivity (Wildman–Crippen MR) is 77.6 cm³/mol. The predicted octanol–water partition coefficient (Wildman–Crippen LogP) is 3.77. The largest absolute Gasteiger partial charge is 0.362 e. The molecular weight excluding hydrogens is 255 g/mol. The number of benzene rings is 1. The third-order valence-corrected chi connectivity index (χ3v) is 2.88. The number of aryl methyl sites for hydroxylation is 1. The zero-order valence-electron chi connectivity index (χ0n) is 10.2. The van der Waals surface area contributed by atoms with E-state index in [9.17, 15) is 0 Å². The summed E-state index contributed by atoms with van der Waals surface area (Å²) in [6.07, 6.45) is 0. The quantitative estimate of drug-likeness (QED) is 0.773. The van der Waals surface area contributed by atoms with Crippen molar-refractivity contribution >= 4 is 40.7 Å². The molecule has 0 fully saturated rings. The van der Waals surface area contributed by atoms with Crippen molar-refractivity contribution in [1.82, 2.24) is 4.98 Å². The fourth-order valence-corrected chi connectivity index (χ4v) is 2.01. The standard InChI is InChI=1S/C13H15ClN2.ClH/c1-9-4-5-12-10(6-9)7-11(8-14)13(15-12)16(2)3;/h4-7H,8H2,1-3H3;1H. The van der Waals surface area contributed by atoms with Gasteiger partial charge in [0.1, 0.15) is 5.82 Å². The van der Waals surface area contributed by atoms with Crippen molar-refractivity contribution in [3.63, 3.8) is 0 Å². The lowest BCUT2D eigenvalue weighted by atomic mass is 10.1. The molecule has 0 bridgehead atoms. The molecule has 4 heteroatoms. The van der Waals surface area contributed by atoms with Gasteiger partial charge in [0, 0.05) is 25.0 Å². The third kappa shape index (κ3) is 2.82. The van der Waals surface area contributed by atoms with Crippen LogP contribution in [0.25, 0.3) is 10.9 Å². The molecule has 0 N–H and O–H groups in total. The molecule has 2 rings (SSSR count). The van der Waals surface area contributed by atoms with E-state index in [1.807, 2.05) is 19.0 Å². The molecule has 92 valence electrons. The van der Waals surface area contributed by atoms with Crippen LogP contribution in [0, 0.1) is 6.92 Å². The summed E-state index contributed by atoms with van der Waals surface area (Å²) in [5, 5.41) is 1.15. The highest BCUT2D eigenvalue weighted by Gasteiger charge is 2.07. The molecule has 0 saturated heterocycles. The second-order valence-corrected chi connectivity index (χ2v) is 4.46. The molecular formula is C13H16Cl2N2. The van der Waals surface area contributed by atoms with Crippen LogP contribution < -0.4 is 4.90 Å². The van der Waals surface area contributed by atoms with E-state index < -0.39 is 0 Å². The average Bonchev–Trinajstić information content (AvgIpc) is 2.26. The second kappa shape index (κ2) is 5.56. The second-order valence-electron chi connectivity index (χ2n) is 4.20. The average molecular weight is 271 g/mol. The van der Waals surface area contributed by atoms with Gasteiger partial charge in [-0.2, -0.15) is 0 Å². The topological polar surface area (TPSA) is 16.1 Å². The highest BCUT2D eigenvalue weighted by Crippen LogP contribution is 2.24. The van der Waals surface area contributed by atoms with Crippen LogP contribution in [0.5, 0.6) is 0 Å². The van der Waals surface area contributed by atoms with Crippen molar-refractivity contribution in [2.24, 2.45) is 0 Å². The van der Waals surface area contributed by atoms with E-state index in [0.717, 1.165) is 22.3 Å². The van der Waals surface area contributed by atoms with Gasteiger partial charge in [0.25, 0.3) is 0 Å². The van der Waals surface area contributed by atoms with Gasteiger partial charge in [-0.3, -0.25) is 0 Å². The molecule has 2 nitrogen and oxygen atoms in total. The van der Waals surface area contributed by atoms with Crippen LogP contribution in [0.4, 0.5) is 5.82 Å². The van der Waals surface area contributed by atoms with Gasteiger partial charge >= 0.3 is 0 Å². The Labute approximate surface area is 113 Å². The minimum Gasteiger partial charge on any atom is -0.362 e. The van der Waals surface area contributed by atoms with Gasteiger partial charge in [-0.1, -0.05) is 11.6 Å². The lowest BCUT2D eigenvalue weighted by molar-refractivity contribution is 1.06. The molecule has 0 aliphatic heterocycles. The van der Waals surface area contributed by atoms with Crippen molar-refractivity contribution in [3.8, 4) is 0 Å². The first-order valence-electron chi connectivity index (χ1n) is 5.25. The van der Waals surface area contributed by atoms with Gasteiger partial charge in [0.15, 0.2) is 0 Å².